The van der Waals surface area contributed by atoms with Crippen LogP contribution in [0.3, 0.4) is 0 Å². The van der Waals surface area contributed by atoms with Crippen LogP contribution in [0, 0.1) is 11.3 Å². The Kier molecular flexibility index (Phi) is 6.88. The molecule has 2 heterocycles. The molecule has 0 radical (unpaired) electrons. The molecule has 9 heteroatoms. The van der Waals surface area contributed by atoms with Crippen LogP contribution < -0.4 is 10.1 Å². The minimum atomic E-state index is -0.120. The number of hydrogen-bond donors (Lipinski definition) is 1. The van der Waals surface area contributed by atoms with Crippen molar-refractivity contribution >= 4 is 34.0 Å². The van der Waals surface area contributed by atoms with Gasteiger partial charge in [-0.1, -0.05) is 31.0 Å². The topological polar surface area (TPSA) is 92.8 Å². The Hall–Kier alpha value is -2.83. The van der Waals surface area contributed by atoms with Crippen molar-refractivity contribution < 1.29 is 9.53 Å². The van der Waals surface area contributed by atoms with Crippen molar-refractivity contribution in [3.63, 3.8) is 0 Å². The number of carbonyl (C=O) groups is 1. The Bertz CT molecular complexity index is 1220. The summed E-state index contributed by atoms with van der Waals surface area (Å²) in [4.78, 5) is 14.0. The number of nitriles is 1. The Morgan fingerprint density at radius 1 is 1.21 bits per heavy atom. The molecule has 176 valence electrons. The molecule has 0 aliphatic heterocycles. The normalized spacial score (nSPS) is 15.6. The van der Waals surface area contributed by atoms with E-state index in [9.17, 15) is 10.1 Å². The SMILES string of the molecule is COc1ccc(-c2nnc(SCC(=O)Nc3sc4c(c3C#N)CCC4)n2C2CCCCC2)cc1. The first-order valence-electron chi connectivity index (χ1n) is 11.7. The number of anilines is 1. The van der Waals surface area contributed by atoms with Gasteiger partial charge in [-0.2, -0.15) is 5.26 Å². The average molecular weight is 494 g/mol. The molecule has 1 fully saturated rings. The molecule has 0 atom stereocenters. The highest BCUT2D eigenvalue weighted by Gasteiger charge is 2.26. The summed E-state index contributed by atoms with van der Waals surface area (Å²) in [7, 11) is 1.66. The summed E-state index contributed by atoms with van der Waals surface area (Å²) in [6, 6.07) is 10.5. The minimum absolute atomic E-state index is 0.120. The van der Waals surface area contributed by atoms with Crippen LogP contribution in [0.5, 0.6) is 5.75 Å². The zero-order chi connectivity index (χ0) is 23.5. The number of amides is 1. The van der Waals surface area contributed by atoms with Crippen molar-refractivity contribution in [2.75, 3.05) is 18.2 Å². The summed E-state index contributed by atoms with van der Waals surface area (Å²) >= 11 is 2.96. The molecule has 5 rings (SSSR count). The van der Waals surface area contributed by atoms with Crippen LogP contribution in [0.4, 0.5) is 5.00 Å². The molecule has 0 bridgehead atoms. The lowest BCUT2D eigenvalue weighted by molar-refractivity contribution is -0.113. The fourth-order valence-corrected chi connectivity index (χ4v) is 6.95. The van der Waals surface area contributed by atoms with Crippen LogP contribution >= 0.6 is 23.1 Å². The number of carbonyl (C=O) groups excluding carboxylic acids is 1. The Balaban J connectivity index is 1.34. The molecule has 0 saturated heterocycles. The number of rotatable bonds is 7. The van der Waals surface area contributed by atoms with Gasteiger partial charge in [0.25, 0.3) is 0 Å². The van der Waals surface area contributed by atoms with Crippen LogP contribution in [0.2, 0.25) is 0 Å². The molecule has 1 amide bonds. The third kappa shape index (κ3) is 4.57. The molecule has 3 aromatic rings. The Morgan fingerprint density at radius 2 is 2.00 bits per heavy atom. The van der Waals surface area contributed by atoms with Gasteiger partial charge in [0.1, 0.15) is 16.8 Å². The molecule has 0 unspecified atom stereocenters. The number of hydrogen-bond acceptors (Lipinski definition) is 7. The molecule has 1 N–H and O–H groups in total. The largest absolute Gasteiger partial charge is 0.497 e. The van der Waals surface area contributed by atoms with E-state index in [2.05, 4.69) is 26.2 Å². The van der Waals surface area contributed by atoms with E-state index in [1.165, 1.54) is 35.9 Å². The van der Waals surface area contributed by atoms with Gasteiger partial charge in [0.15, 0.2) is 11.0 Å². The van der Waals surface area contributed by atoms with Crippen LogP contribution in [0.15, 0.2) is 29.4 Å². The zero-order valence-electron chi connectivity index (χ0n) is 19.2. The summed E-state index contributed by atoms with van der Waals surface area (Å²) in [6.07, 6.45) is 8.84. The second-order valence-corrected chi connectivity index (χ2v) is 10.8. The van der Waals surface area contributed by atoms with Gasteiger partial charge in [-0.3, -0.25) is 9.36 Å². The molecule has 2 aliphatic rings. The standard InChI is InChI=1S/C25H27N5O2S2/c1-32-18-12-10-16(11-13-18)23-28-29-25(30(23)17-6-3-2-4-7-17)33-15-22(31)27-24-20(14-26)19-8-5-9-21(19)34-24/h10-13,17H,2-9,15H2,1H3,(H,27,31). The van der Waals surface area contributed by atoms with E-state index < -0.39 is 0 Å². The second-order valence-electron chi connectivity index (χ2n) is 8.71. The molecular weight excluding hydrogens is 466 g/mol. The van der Waals surface area contributed by atoms with E-state index in [-0.39, 0.29) is 11.7 Å². The predicted octanol–water partition coefficient (Wildman–Crippen LogP) is 5.61. The van der Waals surface area contributed by atoms with Crippen molar-refractivity contribution in [2.45, 2.75) is 62.6 Å². The summed E-state index contributed by atoms with van der Waals surface area (Å²) < 4.78 is 7.52. The van der Waals surface area contributed by atoms with Crippen LogP contribution in [-0.4, -0.2) is 33.5 Å². The summed E-state index contributed by atoms with van der Waals surface area (Å²) in [5, 5.41) is 23.0. The highest BCUT2D eigenvalue weighted by molar-refractivity contribution is 7.99. The highest BCUT2D eigenvalue weighted by Crippen LogP contribution is 2.39. The first-order valence-corrected chi connectivity index (χ1v) is 13.5. The maximum atomic E-state index is 12.8. The van der Waals surface area contributed by atoms with Gasteiger partial charge in [-0.25, -0.2) is 0 Å². The van der Waals surface area contributed by atoms with Crippen molar-refractivity contribution in [1.29, 1.82) is 5.26 Å². The highest BCUT2D eigenvalue weighted by atomic mass is 32.2. The molecule has 2 aliphatic carbocycles. The lowest BCUT2D eigenvalue weighted by Crippen LogP contribution is -2.17. The smallest absolute Gasteiger partial charge is 0.235 e. The van der Waals surface area contributed by atoms with E-state index in [0.29, 0.717) is 16.6 Å². The fraction of sp³-hybridized carbons (Fsp3) is 0.440. The Morgan fingerprint density at radius 3 is 2.74 bits per heavy atom. The van der Waals surface area contributed by atoms with Crippen molar-refractivity contribution in [3.05, 3.63) is 40.3 Å². The van der Waals surface area contributed by atoms with Gasteiger partial charge in [-0.05, 0) is 61.9 Å². The maximum absolute atomic E-state index is 12.8. The number of thioether (sulfide) groups is 1. The summed E-state index contributed by atoms with van der Waals surface area (Å²) in [5.41, 5.74) is 2.75. The van der Waals surface area contributed by atoms with Crippen LogP contribution in [-0.2, 0) is 17.6 Å². The number of nitrogens with zero attached hydrogens (tertiary/aromatic N) is 4. The molecule has 7 nitrogen and oxygen atoms in total. The molecule has 1 saturated carbocycles. The monoisotopic (exact) mass is 493 g/mol. The fourth-order valence-electron chi connectivity index (χ4n) is 4.88. The quantitative estimate of drug-likeness (QED) is 0.430. The van der Waals surface area contributed by atoms with Gasteiger partial charge in [0.05, 0.1) is 18.4 Å². The van der Waals surface area contributed by atoms with Crippen LogP contribution in [0.1, 0.15) is 60.6 Å². The van der Waals surface area contributed by atoms with E-state index >= 15 is 0 Å². The predicted molar refractivity (Wildman–Crippen MR) is 135 cm³/mol. The van der Waals surface area contributed by atoms with Crippen molar-refractivity contribution in [2.24, 2.45) is 0 Å². The van der Waals surface area contributed by atoms with E-state index in [4.69, 9.17) is 4.74 Å². The van der Waals surface area contributed by atoms with E-state index in [1.54, 1.807) is 18.4 Å². The minimum Gasteiger partial charge on any atom is -0.497 e. The number of nitrogens with one attached hydrogen (secondary N) is 1. The number of aryl methyl sites for hydroxylation is 1. The maximum Gasteiger partial charge on any atom is 0.235 e. The van der Waals surface area contributed by atoms with Gasteiger partial charge in [0, 0.05) is 16.5 Å². The van der Waals surface area contributed by atoms with Crippen LogP contribution in [0.25, 0.3) is 11.4 Å². The number of thiophene rings is 1. The number of methoxy groups -OCH3 is 1. The average Bonchev–Trinajstić information content (AvgIpc) is 3.58. The first kappa shape index (κ1) is 22.9. The Labute approximate surface area is 207 Å². The van der Waals surface area contributed by atoms with Gasteiger partial charge in [-0.15, -0.1) is 21.5 Å². The molecule has 1 aromatic carbocycles. The first-order chi connectivity index (χ1) is 16.7. The van der Waals surface area contributed by atoms with E-state index in [1.807, 2.05) is 24.3 Å². The second kappa shape index (κ2) is 10.2. The van der Waals surface area contributed by atoms with Gasteiger partial charge >= 0.3 is 0 Å². The third-order valence-electron chi connectivity index (χ3n) is 6.57. The number of ether oxygens (including phenoxy) is 1. The molecular formula is C25H27N5O2S2. The van der Waals surface area contributed by atoms with Gasteiger partial charge in [0.2, 0.25) is 5.91 Å². The lowest BCUT2D eigenvalue weighted by Gasteiger charge is -2.25. The van der Waals surface area contributed by atoms with Crippen molar-refractivity contribution in [3.8, 4) is 23.2 Å². The summed E-state index contributed by atoms with van der Waals surface area (Å²) in [5.74, 6) is 1.74. The molecule has 0 spiro atoms. The third-order valence-corrected chi connectivity index (χ3v) is 8.72. The number of benzene rings is 1. The number of aromatic nitrogens is 3. The summed E-state index contributed by atoms with van der Waals surface area (Å²) in [6.45, 7) is 0. The number of fused-ring (bicyclic) bond motifs is 1. The van der Waals surface area contributed by atoms with Gasteiger partial charge < -0.3 is 10.1 Å². The van der Waals surface area contributed by atoms with E-state index in [0.717, 1.165) is 60.0 Å². The molecule has 34 heavy (non-hydrogen) atoms. The molecule has 2 aromatic heterocycles. The van der Waals surface area contributed by atoms with Crippen molar-refractivity contribution in [1.82, 2.24) is 14.8 Å². The zero-order valence-corrected chi connectivity index (χ0v) is 20.8. The lowest BCUT2D eigenvalue weighted by atomic mass is 9.95.